The summed E-state index contributed by atoms with van der Waals surface area (Å²) in [6, 6.07) is 4.15. The molecule has 0 aliphatic carbocycles. The van der Waals surface area contributed by atoms with E-state index in [1.54, 1.807) is 0 Å². The molecule has 0 fully saturated rings. The minimum absolute atomic E-state index is 0. The first-order valence-electron chi connectivity index (χ1n) is 6.40. The lowest BCUT2D eigenvalue weighted by Crippen LogP contribution is -2.16. The first kappa shape index (κ1) is 21.3. The van der Waals surface area contributed by atoms with Crippen LogP contribution in [0.1, 0.15) is 43.7 Å². The zero-order chi connectivity index (χ0) is 12.7. The highest BCUT2D eigenvalue weighted by atomic mass is 79.9. The number of halogens is 3. The van der Waals surface area contributed by atoms with Gasteiger partial charge < -0.3 is 11.1 Å². The van der Waals surface area contributed by atoms with E-state index >= 15 is 0 Å². The molecule has 0 heterocycles. The molecule has 0 aliphatic heterocycles. The smallest absolute Gasteiger partial charge is 0.0390 e. The predicted octanol–water partition coefficient (Wildman–Crippen LogP) is 4.85. The van der Waals surface area contributed by atoms with Gasteiger partial charge in [-0.25, -0.2) is 0 Å². The van der Waals surface area contributed by atoms with Crippen molar-refractivity contribution in [1.29, 1.82) is 0 Å². The van der Waals surface area contributed by atoms with E-state index in [1.165, 1.54) is 31.2 Å². The highest BCUT2D eigenvalue weighted by Crippen LogP contribution is 2.22. The van der Waals surface area contributed by atoms with Crippen LogP contribution in [0, 0.1) is 6.92 Å². The lowest BCUT2D eigenvalue weighted by Gasteiger charge is -2.10. The first-order chi connectivity index (χ1) is 8.15. The molecule has 1 rings (SSSR count). The van der Waals surface area contributed by atoms with Gasteiger partial charge in [-0.3, -0.25) is 0 Å². The van der Waals surface area contributed by atoms with Gasteiger partial charge in [-0.1, -0.05) is 42.1 Å². The third-order valence-corrected chi connectivity index (χ3v) is 3.42. The van der Waals surface area contributed by atoms with E-state index in [2.05, 4.69) is 40.3 Å². The van der Waals surface area contributed by atoms with Crippen LogP contribution in [0.15, 0.2) is 16.6 Å². The van der Waals surface area contributed by atoms with Crippen molar-refractivity contribution in [1.82, 2.24) is 5.32 Å². The first-order valence-corrected chi connectivity index (χ1v) is 7.19. The molecule has 0 amide bonds. The van der Waals surface area contributed by atoms with Crippen molar-refractivity contribution in [2.24, 2.45) is 0 Å². The van der Waals surface area contributed by atoms with Crippen molar-refractivity contribution in [3.05, 3.63) is 27.7 Å². The van der Waals surface area contributed by atoms with Crippen molar-refractivity contribution in [3.63, 3.8) is 0 Å². The van der Waals surface area contributed by atoms with Crippen molar-refractivity contribution >= 4 is 46.4 Å². The number of anilines is 1. The molecule has 1 aromatic carbocycles. The minimum atomic E-state index is 0. The molecular formula is C14H25BrCl2N2. The normalized spacial score (nSPS) is 9.63. The SMILES string of the molecule is CCCCCCNCc1cc(Br)cc(C)c1N.Cl.Cl. The van der Waals surface area contributed by atoms with Crippen LogP contribution in [-0.4, -0.2) is 6.54 Å². The summed E-state index contributed by atoms with van der Waals surface area (Å²) in [5, 5.41) is 3.46. The van der Waals surface area contributed by atoms with Crippen molar-refractivity contribution in [2.45, 2.75) is 46.1 Å². The number of aryl methyl sites for hydroxylation is 1. The van der Waals surface area contributed by atoms with Crippen molar-refractivity contribution in [2.75, 3.05) is 12.3 Å². The number of unbranched alkanes of at least 4 members (excludes halogenated alkanes) is 3. The van der Waals surface area contributed by atoms with Crippen LogP contribution in [0.5, 0.6) is 0 Å². The molecule has 0 bridgehead atoms. The van der Waals surface area contributed by atoms with Crippen LogP contribution >= 0.6 is 40.7 Å². The van der Waals surface area contributed by atoms with Crippen LogP contribution in [0.3, 0.4) is 0 Å². The average Bonchev–Trinajstić information content (AvgIpc) is 2.29. The second kappa shape index (κ2) is 11.8. The quantitative estimate of drug-likeness (QED) is 0.530. The minimum Gasteiger partial charge on any atom is -0.398 e. The monoisotopic (exact) mass is 370 g/mol. The van der Waals surface area contributed by atoms with E-state index in [4.69, 9.17) is 5.73 Å². The third-order valence-electron chi connectivity index (χ3n) is 2.96. The van der Waals surface area contributed by atoms with Crippen LogP contribution in [0.4, 0.5) is 5.69 Å². The molecule has 0 atom stereocenters. The molecular weight excluding hydrogens is 347 g/mol. The average molecular weight is 372 g/mol. The van der Waals surface area contributed by atoms with Gasteiger partial charge in [0, 0.05) is 16.7 Å². The second-order valence-electron chi connectivity index (χ2n) is 4.53. The zero-order valence-corrected chi connectivity index (χ0v) is 14.9. The number of benzene rings is 1. The van der Waals surface area contributed by atoms with Gasteiger partial charge in [0.25, 0.3) is 0 Å². The fourth-order valence-corrected chi connectivity index (χ4v) is 2.49. The number of rotatable bonds is 7. The molecule has 19 heavy (non-hydrogen) atoms. The summed E-state index contributed by atoms with van der Waals surface area (Å²) < 4.78 is 1.10. The molecule has 0 aliphatic rings. The Bertz CT molecular complexity index is 360. The standard InChI is InChI=1S/C14H23BrN2.2ClH/c1-3-4-5-6-7-17-10-12-9-13(15)8-11(2)14(12)16;;/h8-9,17H,3-7,10,16H2,1-2H3;2*1H. The summed E-state index contributed by atoms with van der Waals surface area (Å²) in [7, 11) is 0. The van der Waals surface area contributed by atoms with Gasteiger partial charge in [0.1, 0.15) is 0 Å². The second-order valence-corrected chi connectivity index (χ2v) is 5.45. The lowest BCUT2D eigenvalue weighted by molar-refractivity contribution is 0.598. The van der Waals surface area contributed by atoms with Crippen molar-refractivity contribution in [3.8, 4) is 0 Å². The van der Waals surface area contributed by atoms with Crippen molar-refractivity contribution < 1.29 is 0 Å². The number of nitrogen functional groups attached to an aromatic ring is 1. The molecule has 112 valence electrons. The highest BCUT2D eigenvalue weighted by molar-refractivity contribution is 9.10. The predicted molar refractivity (Wildman–Crippen MR) is 93.6 cm³/mol. The maximum atomic E-state index is 6.05. The molecule has 0 spiro atoms. The molecule has 0 saturated heterocycles. The Labute approximate surface area is 137 Å². The fraction of sp³-hybridized carbons (Fsp3) is 0.571. The lowest BCUT2D eigenvalue weighted by atomic mass is 10.1. The van der Waals surface area contributed by atoms with E-state index < -0.39 is 0 Å². The molecule has 1 aromatic rings. The fourth-order valence-electron chi connectivity index (χ4n) is 1.87. The summed E-state index contributed by atoms with van der Waals surface area (Å²) >= 11 is 3.51. The molecule has 0 unspecified atom stereocenters. The van der Waals surface area contributed by atoms with Crippen LogP contribution in [0.2, 0.25) is 0 Å². The largest absolute Gasteiger partial charge is 0.398 e. The maximum absolute atomic E-state index is 6.05. The van der Waals surface area contributed by atoms with Gasteiger partial charge in [0.2, 0.25) is 0 Å². The summed E-state index contributed by atoms with van der Waals surface area (Å²) in [6.07, 6.45) is 5.19. The maximum Gasteiger partial charge on any atom is 0.0390 e. The molecule has 0 radical (unpaired) electrons. The van der Waals surface area contributed by atoms with Crippen LogP contribution < -0.4 is 11.1 Å². The van der Waals surface area contributed by atoms with E-state index in [1.807, 2.05) is 6.92 Å². The van der Waals surface area contributed by atoms with Gasteiger partial charge in [-0.2, -0.15) is 0 Å². The number of nitrogens with two attached hydrogens (primary N) is 1. The Morgan fingerprint density at radius 3 is 2.47 bits per heavy atom. The number of hydrogen-bond acceptors (Lipinski definition) is 2. The van der Waals surface area contributed by atoms with Gasteiger partial charge in [-0.05, 0) is 43.1 Å². The Morgan fingerprint density at radius 2 is 1.84 bits per heavy atom. The van der Waals surface area contributed by atoms with Gasteiger partial charge in [0.05, 0.1) is 0 Å². The van der Waals surface area contributed by atoms with Crippen LogP contribution in [-0.2, 0) is 6.54 Å². The Hall–Kier alpha value is 0.0400. The highest BCUT2D eigenvalue weighted by Gasteiger charge is 2.03. The van der Waals surface area contributed by atoms with Gasteiger partial charge in [-0.15, -0.1) is 24.8 Å². The van der Waals surface area contributed by atoms with E-state index in [0.29, 0.717) is 0 Å². The van der Waals surface area contributed by atoms with Crippen LogP contribution in [0.25, 0.3) is 0 Å². The molecule has 5 heteroatoms. The number of nitrogens with one attached hydrogen (secondary N) is 1. The number of hydrogen-bond donors (Lipinski definition) is 2. The molecule has 3 N–H and O–H groups in total. The summed E-state index contributed by atoms with van der Waals surface area (Å²) in [6.45, 7) is 6.21. The Balaban J connectivity index is 0. The summed E-state index contributed by atoms with van der Waals surface area (Å²) in [5.74, 6) is 0. The van der Waals surface area contributed by atoms with E-state index in [0.717, 1.165) is 28.8 Å². The van der Waals surface area contributed by atoms with E-state index in [-0.39, 0.29) is 24.8 Å². The van der Waals surface area contributed by atoms with E-state index in [9.17, 15) is 0 Å². The molecule has 0 aromatic heterocycles. The Morgan fingerprint density at radius 1 is 1.16 bits per heavy atom. The molecule has 2 nitrogen and oxygen atoms in total. The van der Waals surface area contributed by atoms with Gasteiger partial charge in [0.15, 0.2) is 0 Å². The summed E-state index contributed by atoms with van der Waals surface area (Å²) in [5.41, 5.74) is 9.29. The van der Waals surface area contributed by atoms with Gasteiger partial charge >= 0.3 is 0 Å². The third kappa shape index (κ3) is 8.03. The topological polar surface area (TPSA) is 38.0 Å². The zero-order valence-electron chi connectivity index (χ0n) is 11.7. The summed E-state index contributed by atoms with van der Waals surface area (Å²) in [4.78, 5) is 0. The molecule has 0 saturated carbocycles. The Kier molecular flexibility index (Phi) is 13.3.